The lowest BCUT2D eigenvalue weighted by Gasteiger charge is -2.33. The second-order valence-electron chi connectivity index (χ2n) is 6.17. The molecule has 5 nitrogen and oxygen atoms in total. The largest absolute Gasteiger partial charge is 0.353 e. The van der Waals surface area contributed by atoms with Crippen LogP contribution in [0.25, 0.3) is 10.9 Å². The molecule has 0 amide bonds. The number of hydrogen-bond donors (Lipinski definition) is 1. The van der Waals surface area contributed by atoms with Crippen molar-refractivity contribution < 1.29 is 0 Å². The monoisotopic (exact) mass is 319 g/mol. The number of piperazine rings is 1. The minimum atomic E-state index is 0.647. The van der Waals surface area contributed by atoms with E-state index in [1.54, 1.807) is 0 Å². The highest BCUT2D eigenvalue weighted by atomic mass is 15.3. The van der Waals surface area contributed by atoms with E-state index < -0.39 is 0 Å². The Labute approximate surface area is 141 Å². The molecule has 2 aromatic carbocycles. The number of benzene rings is 2. The first-order valence-electron chi connectivity index (χ1n) is 8.32. The van der Waals surface area contributed by atoms with Crippen LogP contribution < -0.4 is 10.2 Å². The van der Waals surface area contributed by atoms with E-state index in [4.69, 9.17) is 4.98 Å². The first kappa shape index (κ1) is 14.9. The lowest BCUT2D eigenvalue weighted by Crippen LogP contribution is -2.45. The highest BCUT2D eigenvalue weighted by Crippen LogP contribution is 2.27. The average Bonchev–Trinajstić information content (AvgIpc) is 2.63. The molecule has 2 heterocycles. The van der Waals surface area contributed by atoms with Crippen LogP contribution in [0.2, 0.25) is 0 Å². The van der Waals surface area contributed by atoms with Crippen LogP contribution in [0.3, 0.4) is 0 Å². The van der Waals surface area contributed by atoms with Crippen LogP contribution in [0.15, 0.2) is 54.6 Å². The van der Waals surface area contributed by atoms with Crippen LogP contribution in [0.4, 0.5) is 17.5 Å². The number of nitrogens with zero attached hydrogens (tertiary/aromatic N) is 4. The molecule has 1 aliphatic rings. The van der Waals surface area contributed by atoms with Crippen LogP contribution in [-0.4, -0.2) is 48.1 Å². The van der Waals surface area contributed by atoms with Gasteiger partial charge in [-0.25, -0.2) is 4.98 Å². The van der Waals surface area contributed by atoms with E-state index in [1.165, 1.54) is 0 Å². The zero-order valence-electron chi connectivity index (χ0n) is 13.8. The lowest BCUT2D eigenvalue weighted by molar-refractivity contribution is 0.312. The first-order valence-corrected chi connectivity index (χ1v) is 8.32. The number of para-hydroxylation sites is 2. The summed E-state index contributed by atoms with van der Waals surface area (Å²) in [7, 11) is 2.16. The van der Waals surface area contributed by atoms with Crippen molar-refractivity contribution in [2.24, 2.45) is 0 Å². The Morgan fingerprint density at radius 2 is 1.54 bits per heavy atom. The molecule has 0 atom stereocenters. The lowest BCUT2D eigenvalue weighted by atomic mass is 10.2. The molecule has 4 rings (SSSR count). The second kappa shape index (κ2) is 6.45. The molecule has 1 fully saturated rings. The molecular weight excluding hydrogens is 298 g/mol. The van der Waals surface area contributed by atoms with Gasteiger partial charge in [-0.05, 0) is 31.3 Å². The van der Waals surface area contributed by atoms with Crippen molar-refractivity contribution in [2.75, 3.05) is 43.4 Å². The van der Waals surface area contributed by atoms with Gasteiger partial charge in [0, 0.05) is 37.3 Å². The van der Waals surface area contributed by atoms with Crippen molar-refractivity contribution in [1.29, 1.82) is 0 Å². The quantitative estimate of drug-likeness (QED) is 0.803. The zero-order chi connectivity index (χ0) is 16.4. The van der Waals surface area contributed by atoms with Crippen LogP contribution in [0.5, 0.6) is 0 Å². The van der Waals surface area contributed by atoms with Crippen LogP contribution in [-0.2, 0) is 0 Å². The van der Waals surface area contributed by atoms with Gasteiger partial charge in [-0.1, -0.05) is 30.3 Å². The molecule has 1 aromatic heterocycles. The van der Waals surface area contributed by atoms with Gasteiger partial charge in [0.15, 0.2) is 0 Å². The van der Waals surface area contributed by atoms with E-state index >= 15 is 0 Å². The zero-order valence-corrected chi connectivity index (χ0v) is 13.8. The van der Waals surface area contributed by atoms with Crippen LogP contribution >= 0.6 is 0 Å². The smallest absolute Gasteiger partial charge is 0.229 e. The molecule has 0 radical (unpaired) electrons. The summed E-state index contributed by atoms with van der Waals surface area (Å²) < 4.78 is 0. The third-order valence-corrected chi connectivity index (χ3v) is 4.42. The van der Waals surface area contributed by atoms with Gasteiger partial charge in [-0.3, -0.25) is 0 Å². The summed E-state index contributed by atoms with van der Waals surface area (Å²) in [5, 5.41) is 4.44. The summed E-state index contributed by atoms with van der Waals surface area (Å²) in [6.45, 7) is 4.09. The summed E-state index contributed by atoms with van der Waals surface area (Å²) in [4.78, 5) is 14.2. The molecule has 0 unspecified atom stereocenters. The molecular formula is C19H21N5. The highest BCUT2D eigenvalue weighted by Gasteiger charge is 2.19. The molecule has 5 heteroatoms. The number of hydrogen-bond acceptors (Lipinski definition) is 5. The molecule has 1 N–H and O–H groups in total. The standard InChI is InChI=1S/C19H21N5/c1-23-11-13-24(14-12-23)18-16-9-5-6-10-17(16)21-19(22-18)20-15-7-3-2-4-8-15/h2-10H,11-14H2,1H3,(H,20,21,22). The average molecular weight is 319 g/mol. The molecule has 24 heavy (non-hydrogen) atoms. The van der Waals surface area contributed by atoms with Gasteiger partial charge >= 0.3 is 0 Å². The van der Waals surface area contributed by atoms with Gasteiger partial charge in [-0.2, -0.15) is 4.98 Å². The SMILES string of the molecule is CN1CCN(c2nc(Nc3ccccc3)nc3ccccc23)CC1. The number of fused-ring (bicyclic) bond motifs is 1. The van der Waals surface area contributed by atoms with Crippen molar-refractivity contribution in [3.8, 4) is 0 Å². The van der Waals surface area contributed by atoms with Gasteiger partial charge in [0.2, 0.25) is 5.95 Å². The van der Waals surface area contributed by atoms with E-state index in [0.29, 0.717) is 5.95 Å². The van der Waals surface area contributed by atoms with Crippen LogP contribution in [0.1, 0.15) is 0 Å². The first-order chi connectivity index (χ1) is 11.8. The Hall–Kier alpha value is -2.66. The van der Waals surface area contributed by atoms with E-state index in [2.05, 4.69) is 39.3 Å². The Kier molecular flexibility index (Phi) is 4.01. The van der Waals surface area contributed by atoms with E-state index in [0.717, 1.165) is 48.6 Å². The predicted octanol–water partition coefficient (Wildman–Crippen LogP) is 3.13. The number of anilines is 3. The van der Waals surface area contributed by atoms with Crippen molar-refractivity contribution >= 4 is 28.4 Å². The Morgan fingerprint density at radius 1 is 0.833 bits per heavy atom. The van der Waals surface area contributed by atoms with Gasteiger partial charge in [0.05, 0.1) is 5.52 Å². The molecule has 1 saturated heterocycles. The molecule has 122 valence electrons. The Balaban J connectivity index is 1.73. The van der Waals surface area contributed by atoms with Crippen molar-refractivity contribution in [3.05, 3.63) is 54.6 Å². The van der Waals surface area contributed by atoms with Gasteiger partial charge in [-0.15, -0.1) is 0 Å². The maximum absolute atomic E-state index is 4.83. The number of nitrogens with one attached hydrogen (secondary N) is 1. The number of rotatable bonds is 3. The molecule has 0 spiro atoms. The summed E-state index contributed by atoms with van der Waals surface area (Å²) in [5.41, 5.74) is 1.97. The molecule has 3 aromatic rings. The Bertz CT molecular complexity index is 826. The molecule has 0 bridgehead atoms. The van der Waals surface area contributed by atoms with E-state index in [9.17, 15) is 0 Å². The second-order valence-corrected chi connectivity index (χ2v) is 6.17. The van der Waals surface area contributed by atoms with Crippen molar-refractivity contribution in [3.63, 3.8) is 0 Å². The normalized spacial score (nSPS) is 15.6. The van der Waals surface area contributed by atoms with E-state index in [1.807, 2.05) is 42.5 Å². The minimum absolute atomic E-state index is 0.647. The summed E-state index contributed by atoms with van der Waals surface area (Å²) in [6.07, 6.45) is 0. The predicted molar refractivity (Wildman–Crippen MR) is 99.0 cm³/mol. The summed E-state index contributed by atoms with van der Waals surface area (Å²) in [5.74, 6) is 1.67. The van der Waals surface area contributed by atoms with Crippen LogP contribution in [0, 0.1) is 0 Å². The maximum atomic E-state index is 4.83. The van der Waals surface area contributed by atoms with Crippen molar-refractivity contribution in [1.82, 2.24) is 14.9 Å². The fraction of sp³-hybridized carbons (Fsp3) is 0.263. The maximum Gasteiger partial charge on any atom is 0.229 e. The van der Waals surface area contributed by atoms with Gasteiger partial charge in [0.1, 0.15) is 5.82 Å². The molecule has 0 aliphatic carbocycles. The van der Waals surface area contributed by atoms with E-state index in [-0.39, 0.29) is 0 Å². The topological polar surface area (TPSA) is 44.3 Å². The van der Waals surface area contributed by atoms with Gasteiger partial charge in [0.25, 0.3) is 0 Å². The fourth-order valence-corrected chi connectivity index (χ4v) is 3.03. The summed E-state index contributed by atoms with van der Waals surface area (Å²) >= 11 is 0. The third-order valence-electron chi connectivity index (χ3n) is 4.42. The Morgan fingerprint density at radius 3 is 2.33 bits per heavy atom. The molecule has 0 saturated carbocycles. The fourth-order valence-electron chi connectivity index (χ4n) is 3.03. The highest BCUT2D eigenvalue weighted by molar-refractivity contribution is 5.90. The van der Waals surface area contributed by atoms with Crippen molar-refractivity contribution in [2.45, 2.75) is 0 Å². The van der Waals surface area contributed by atoms with Gasteiger partial charge < -0.3 is 15.1 Å². The summed E-state index contributed by atoms with van der Waals surface area (Å²) in [6, 6.07) is 18.3. The number of aromatic nitrogens is 2. The number of likely N-dealkylation sites (N-methyl/N-ethyl adjacent to an activating group) is 1. The third kappa shape index (κ3) is 3.03. The minimum Gasteiger partial charge on any atom is -0.353 e. The molecule has 1 aliphatic heterocycles.